The predicted octanol–water partition coefficient (Wildman–Crippen LogP) is 5.19. The second kappa shape index (κ2) is 8.86. The summed E-state index contributed by atoms with van der Waals surface area (Å²) in [4.78, 5) is 2.66. The first-order valence-electron chi connectivity index (χ1n) is 8.73. The number of fused-ring (bicyclic) bond motifs is 2. The molecule has 0 spiro atoms. The third-order valence-corrected chi connectivity index (χ3v) is 5.13. The molecule has 1 aliphatic rings. The van der Waals surface area contributed by atoms with Crippen molar-refractivity contribution < 1.29 is 0 Å². The molecular formula is C21H26Cl2N2. The molecule has 3 aromatic rings. The van der Waals surface area contributed by atoms with E-state index < -0.39 is 0 Å². The Kier molecular flexibility index (Phi) is 7.09. The first-order chi connectivity index (χ1) is 11.4. The van der Waals surface area contributed by atoms with Crippen LogP contribution in [0.25, 0.3) is 21.5 Å². The quantitative estimate of drug-likeness (QED) is 0.632. The number of hydrogen-bond donors (Lipinski definition) is 1. The molecule has 4 heteroatoms. The molecule has 0 amide bonds. The maximum atomic E-state index is 3.48. The van der Waals surface area contributed by atoms with E-state index in [4.69, 9.17) is 0 Å². The number of benzene rings is 3. The van der Waals surface area contributed by atoms with Gasteiger partial charge in [-0.05, 0) is 39.6 Å². The maximum absolute atomic E-state index is 3.48. The Morgan fingerprint density at radius 3 is 1.92 bits per heavy atom. The minimum absolute atomic E-state index is 0. The molecule has 0 saturated carbocycles. The van der Waals surface area contributed by atoms with Crippen LogP contribution in [0.2, 0.25) is 0 Å². The van der Waals surface area contributed by atoms with Gasteiger partial charge in [0.05, 0.1) is 0 Å². The van der Waals surface area contributed by atoms with Crippen LogP contribution in [0.3, 0.4) is 0 Å². The van der Waals surface area contributed by atoms with Crippen LogP contribution in [0, 0.1) is 0 Å². The molecule has 1 N–H and O–H groups in total. The molecule has 2 nitrogen and oxygen atoms in total. The van der Waals surface area contributed by atoms with E-state index in [-0.39, 0.29) is 24.8 Å². The van der Waals surface area contributed by atoms with Gasteiger partial charge in [-0.1, -0.05) is 55.5 Å². The summed E-state index contributed by atoms with van der Waals surface area (Å²) in [6.45, 7) is 6.79. The van der Waals surface area contributed by atoms with Crippen molar-refractivity contribution in [2.45, 2.75) is 19.4 Å². The summed E-state index contributed by atoms with van der Waals surface area (Å²) >= 11 is 0. The normalized spacial score (nSPS) is 16.2. The summed E-state index contributed by atoms with van der Waals surface area (Å²) in [5.74, 6) is 0. The number of hydrogen-bond acceptors (Lipinski definition) is 2. The lowest BCUT2D eigenvalue weighted by Crippen LogP contribution is -2.45. The molecule has 134 valence electrons. The Morgan fingerprint density at radius 1 is 0.880 bits per heavy atom. The van der Waals surface area contributed by atoms with Gasteiger partial charge in [0.2, 0.25) is 0 Å². The van der Waals surface area contributed by atoms with Crippen molar-refractivity contribution >= 4 is 46.4 Å². The van der Waals surface area contributed by atoms with Crippen LogP contribution in [0.1, 0.15) is 24.9 Å². The van der Waals surface area contributed by atoms with E-state index in [0.29, 0.717) is 6.04 Å². The average Bonchev–Trinajstić information content (AvgIpc) is 2.62. The summed E-state index contributed by atoms with van der Waals surface area (Å²) in [6.07, 6.45) is 1.15. The van der Waals surface area contributed by atoms with Crippen molar-refractivity contribution in [3.05, 3.63) is 60.2 Å². The van der Waals surface area contributed by atoms with Crippen molar-refractivity contribution in [3.63, 3.8) is 0 Å². The summed E-state index contributed by atoms with van der Waals surface area (Å²) < 4.78 is 0. The van der Waals surface area contributed by atoms with Crippen LogP contribution in [-0.2, 0) is 0 Å². The van der Waals surface area contributed by atoms with Crippen LogP contribution < -0.4 is 5.32 Å². The van der Waals surface area contributed by atoms with Crippen LogP contribution >= 0.6 is 24.8 Å². The van der Waals surface area contributed by atoms with E-state index in [1.54, 1.807) is 0 Å². The maximum Gasteiger partial charge on any atom is 0.0358 e. The fourth-order valence-corrected chi connectivity index (χ4v) is 4.05. The second-order valence-corrected chi connectivity index (χ2v) is 6.44. The van der Waals surface area contributed by atoms with Gasteiger partial charge >= 0.3 is 0 Å². The fourth-order valence-electron chi connectivity index (χ4n) is 4.05. The summed E-state index contributed by atoms with van der Waals surface area (Å²) in [5.41, 5.74) is 1.52. The zero-order valence-corrected chi connectivity index (χ0v) is 16.2. The second-order valence-electron chi connectivity index (χ2n) is 6.44. The highest BCUT2D eigenvalue weighted by atomic mass is 35.5. The van der Waals surface area contributed by atoms with Gasteiger partial charge in [0, 0.05) is 32.2 Å². The summed E-state index contributed by atoms with van der Waals surface area (Å²) in [6, 6.07) is 20.5. The lowest BCUT2D eigenvalue weighted by Gasteiger charge is -2.36. The van der Waals surface area contributed by atoms with Gasteiger partial charge in [0.25, 0.3) is 0 Å². The average molecular weight is 377 g/mol. The minimum Gasteiger partial charge on any atom is -0.314 e. The van der Waals surface area contributed by atoms with Gasteiger partial charge in [0.1, 0.15) is 0 Å². The first kappa shape index (κ1) is 20.0. The van der Waals surface area contributed by atoms with Gasteiger partial charge in [-0.15, -0.1) is 24.8 Å². The van der Waals surface area contributed by atoms with E-state index in [0.717, 1.165) is 32.6 Å². The summed E-state index contributed by atoms with van der Waals surface area (Å²) in [5, 5.41) is 9.02. The molecule has 0 bridgehead atoms. The minimum atomic E-state index is 0. The molecule has 0 aliphatic carbocycles. The third kappa shape index (κ3) is 3.78. The molecule has 0 radical (unpaired) electrons. The molecule has 4 rings (SSSR count). The smallest absolute Gasteiger partial charge is 0.0358 e. The van der Waals surface area contributed by atoms with E-state index in [1.165, 1.54) is 27.1 Å². The van der Waals surface area contributed by atoms with Crippen molar-refractivity contribution in [1.82, 2.24) is 10.2 Å². The Labute approximate surface area is 162 Å². The molecule has 1 fully saturated rings. The standard InChI is InChI=1S/C21H24N2.2ClH/c1-2-20(23-13-11-22-12-14-23)21-18-9-5-3-7-16(18)15-17-8-4-6-10-19(17)21;;/h3-10,15,20,22H,2,11-14H2,1H3;2*1H/t20-;;/m0../s1. The van der Waals surface area contributed by atoms with E-state index >= 15 is 0 Å². The van der Waals surface area contributed by atoms with Gasteiger partial charge in [-0.3, -0.25) is 4.90 Å². The van der Waals surface area contributed by atoms with Crippen molar-refractivity contribution in [1.29, 1.82) is 0 Å². The molecule has 0 unspecified atom stereocenters. The predicted molar refractivity (Wildman–Crippen MR) is 113 cm³/mol. The zero-order chi connectivity index (χ0) is 15.6. The monoisotopic (exact) mass is 376 g/mol. The Morgan fingerprint density at radius 2 is 1.40 bits per heavy atom. The summed E-state index contributed by atoms with van der Waals surface area (Å²) in [7, 11) is 0. The highest BCUT2D eigenvalue weighted by Gasteiger charge is 2.24. The van der Waals surface area contributed by atoms with E-state index in [9.17, 15) is 0 Å². The molecule has 1 atom stereocenters. The number of halogens is 2. The molecule has 3 aromatic carbocycles. The lowest BCUT2D eigenvalue weighted by molar-refractivity contribution is 0.171. The van der Waals surface area contributed by atoms with Crippen molar-refractivity contribution in [3.8, 4) is 0 Å². The number of nitrogens with zero attached hydrogens (tertiary/aromatic N) is 1. The Balaban J connectivity index is 0.00000113. The van der Waals surface area contributed by atoms with Crippen LogP contribution in [0.15, 0.2) is 54.6 Å². The Bertz CT molecular complexity index is 774. The van der Waals surface area contributed by atoms with Crippen LogP contribution in [0.5, 0.6) is 0 Å². The molecule has 1 aliphatic heterocycles. The van der Waals surface area contributed by atoms with Crippen molar-refractivity contribution in [2.75, 3.05) is 26.2 Å². The third-order valence-electron chi connectivity index (χ3n) is 5.13. The molecule has 0 aromatic heterocycles. The van der Waals surface area contributed by atoms with Gasteiger partial charge in [0.15, 0.2) is 0 Å². The van der Waals surface area contributed by atoms with E-state index in [1.807, 2.05) is 0 Å². The lowest BCUT2D eigenvalue weighted by atomic mass is 9.90. The number of rotatable bonds is 3. The van der Waals surface area contributed by atoms with Gasteiger partial charge in [-0.25, -0.2) is 0 Å². The molecule has 25 heavy (non-hydrogen) atoms. The largest absolute Gasteiger partial charge is 0.314 e. The highest BCUT2D eigenvalue weighted by molar-refractivity contribution is 6.02. The Hall–Kier alpha value is -1.32. The SMILES string of the molecule is CC[C@@H](c1c2ccccc2cc2ccccc12)N1CCNCC1.Cl.Cl. The van der Waals surface area contributed by atoms with Gasteiger partial charge < -0.3 is 5.32 Å². The molecule has 1 heterocycles. The topological polar surface area (TPSA) is 15.3 Å². The van der Waals surface area contributed by atoms with E-state index in [2.05, 4.69) is 71.7 Å². The highest BCUT2D eigenvalue weighted by Crippen LogP contribution is 2.37. The first-order valence-corrected chi connectivity index (χ1v) is 8.73. The molecule has 1 saturated heterocycles. The zero-order valence-electron chi connectivity index (χ0n) is 14.6. The number of piperazine rings is 1. The van der Waals surface area contributed by atoms with Crippen molar-refractivity contribution in [2.24, 2.45) is 0 Å². The molecular weight excluding hydrogens is 351 g/mol. The van der Waals surface area contributed by atoms with Crippen LogP contribution in [-0.4, -0.2) is 31.1 Å². The number of nitrogens with one attached hydrogen (secondary N) is 1. The van der Waals surface area contributed by atoms with Crippen LogP contribution in [0.4, 0.5) is 0 Å². The van der Waals surface area contributed by atoms with Gasteiger partial charge in [-0.2, -0.15) is 0 Å². The fraction of sp³-hybridized carbons (Fsp3) is 0.333.